The number of cyclic esters (lactones) is 1. The maximum absolute atomic E-state index is 12.5. The first-order valence-electron chi connectivity index (χ1n) is 9.45. The molecule has 1 aromatic heterocycles. The van der Waals surface area contributed by atoms with Crippen molar-refractivity contribution >= 4 is 23.5 Å². The highest BCUT2D eigenvalue weighted by Gasteiger charge is 2.24. The van der Waals surface area contributed by atoms with Crippen molar-refractivity contribution in [2.24, 2.45) is 0 Å². The molecule has 3 amide bonds. The van der Waals surface area contributed by atoms with E-state index in [0.717, 1.165) is 16.9 Å². The molecule has 1 fully saturated rings. The standard InChI is InChI=1S/C22H22N4O3/c1-16(17-6-4-9-20(14-17)26-12-13-29-22(26)28)23-21(27)24-18-7-5-8-19(15-18)25-10-2-3-11-25/h2-11,14-16H,12-13H2,1H3,(H2,23,24,27)/t16-/m0/s1. The summed E-state index contributed by atoms with van der Waals surface area (Å²) in [5, 5.41) is 5.81. The van der Waals surface area contributed by atoms with Gasteiger partial charge in [0.25, 0.3) is 0 Å². The molecule has 4 rings (SSSR count). The van der Waals surface area contributed by atoms with Crippen molar-refractivity contribution in [3.8, 4) is 5.69 Å². The molecule has 2 aromatic carbocycles. The minimum atomic E-state index is -0.344. The van der Waals surface area contributed by atoms with Gasteiger partial charge in [-0.15, -0.1) is 0 Å². The van der Waals surface area contributed by atoms with Crippen LogP contribution in [0.1, 0.15) is 18.5 Å². The van der Waals surface area contributed by atoms with E-state index in [1.165, 1.54) is 0 Å². The fourth-order valence-corrected chi connectivity index (χ4v) is 3.29. The number of urea groups is 1. The second-order valence-electron chi connectivity index (χ2n) is 6.82. The molecule has 1 aliphatic heterocycles. The Morgan fingerprint density at radius 1 is 1.03 bits per heavy atom. The van der Waals surface area contributed by atoms with Crippen LogP contribution in [0.3, 0.4) is 0 Å². The van der Waals surface area contributed by atoms with E-state index >= 15 is 0 Å². The lowest BCUT2D eigenvalue weighted by Crippen LogP contribution is -2.31. The number of nitrogens with one attached hydrogen (secondary N) is 2. The van der Waals surface area contributed by atoms with Gasteiger partial charge in [-0.1, -0.05) is 18.2 Å². The zero-order valence-electron chi connectivity index (χ0n) is 16.0. The maximum Gasteiger partial charge on any atom is 0.414 e. The summed E-state index contributed by atoms with van der Waals surface area (Å²) < 4.78 is 6.97. The highest BCUT2D eigenvalue weighted by molar-refractivity contribution is 5.90. The van der Waals surface area contributed by atoms with Crippen LogP contribution in [0.2, 0.25) is 0 Å². The first kappa shape index (κ1) is 18.6. The highest BCUT2D eigenvalue weighted by Crippen LogP contribution is 2.23. The maximum atomic E-state index is 12.5. The number of rotatable bonds is 5. The van der Waals surface area contributed by atoms with E-state index in [2.05, 4.69) is 10.6 Å². The number of anilines is 2. The number of amides is 3. The van der Waals surface area contributed by atoms with Crippen molar-refractivity contribution in [3.05, 3.63) is 78.6 Å². The van der Waals surface area contributed by atoms with Gasteiger partial charge < -0.3 is 19.9 Å². The first-order chi connectivity index (χ1) is 14.1. The second kappa shape index (κ2) is 8.10. The average molecular weight is 390 g/mol. The van der Waals surface area contributed by atoms with Crippen LogP contribution in [0.4, 0.5) is 21.0 Å². The number of carbonyl (C=O) groups is 2. The van der Waals surface area contributed by atoms with Crippen molar-refractivity contribution in [3.63, 3.8) is 0 Å². The zero-order valence-corrected chi connectivity index (χ0v) is 16.0. The molecule has 0 aliphatic carbocycles. The Kier molecular flexibility index (Phi) is 5.20. The monoisotopic (exact) mass is 390 g/mol. The summed E-state index contributed by atoms with van der Waals surface area (Å²) in [6.45, 7) is 2.82. The van der Waals surface area contributed by atoms with E-state index < -0.39 is 0 Å². The van der Waals surface area contributed by atoms with E-state index in [4.69, 9.17) is 4.74 Å². The van der Waals surface area contributed by atoms with E-state index in [1.54, 1.807) is 4.90 Å². The van der Waals surface area contributed by atoms with Crippen molar-refractivity contribution < 1.29 is 14.3 Å². The smallest absolute Gasteiger partial charge is 0.414 e. The SMILES string of the molecule is C[C@H](NC(=O)Nc1cccc(-n2cccc2)c1)c1cccc(N2CCOC2=O)c1. The summed E-state index contributed by atoms with van der Waals surface area (Å²) in [6.07, 6.45) is 3.55. The number of aromatic nitrogens is 1. The summed E-state index contributed by atoms with van der Waals surface area (Å²) in [4.78, 5) is 25.8. The Morgan fingerprint density at radius 2 is 1.79 bits per heavy atom. The predicted molar refractivity (Wildman–Crippen MR) is 111 cm³/mol. The number of hydrogen-bond acceptors (Lipinski definition) is 3. The summed E-state index contributed by atoms with van der Waals surface area (Å²) in [7, 11) is 0. The lowest BCUT2D eigenvalue weighted by Gasteiger charge is -2.18. The summed E-state index contributed by atoms with van der Waals surface area (Å²) >= 11 is 0. The molecule has 1 saturated heterocycles. The quantitative estimate of drug-likeness (QED) is 0.681. The fraction of sp³-hybridized carbons (Fsp3) is 0.182. The third kappa shape index (κ3) is 4.24. The number of nitrogens with zero attached hydrogens (tertiary/aromatic N) is 2. The first-order valence-corrected chi connectivity index (χ1v) is 9.45. The van der Waals surface area contributed by atoms with Gasteiger partial charge >= 0.3 is 12.1 Å². The summed E-state index contributed by atoms with van der Waals surface area (Å²) in [5.41, 5.74) is 3.33. The molecule has 0 unspecified atom stereocenters. The van der Waals surface area contributed by atoms with Crippen LogP contribution < -0.4 is 15.5 Å². The number of ether oxygens (including phenoxy) is 1. The van der Waals surface area contributed by atoms with Gasteiger partial charge in [0.1, 0.15) is 6.61 Å². The molecule has 7 nitrogen and oxygen atoms in total. The number of benzene rings is 2. The minimum Gasteiger partial charge on any atom is -0.447 e. The van der Waals surface area contributed by atoms with Gasteiger partial charge in [0.05, 0.1) is 12.6 Å². The Morgan fingerprint density at radius 3 is 2.55 bits per heavy atom. The Labute approximate surface area is 168 Å². The van der Waals surface area contributed by atoms with Gasteiger partial charge in [-0.2, -0.15) is 0 Å². The molecule has 0 bridgehead atoms. The van der Waals surface area contributed by atoms with Crippen LogP contribution in [0.15, 0.2) is 73.1 Å². The largest absolute Gasteiger partial charge is 0.447 e. The summed E-state index contributed by atoms with van der Waals surface area (Å²) in [5.74, 6) is 0. The van der Waals surface area contributed by atoms with Crippen LogP contribution in [0.5, 0.6) is 0 Å². The van der Waals surface area contributed by atoms with Crippen molar-refractivity contribution in [2.45, 2.75) is 13.0 Å². The average Bonchev–Trinajstić information content (AvgIpc) is 3.40. The molecule has 0 radical (unpaired) electrons. The third-order valence-electron chi connectivity index (χ3n) is 4.80. The van der Waals surface area contributed by atoms with Crippen molar-refractivity contribution in [1.29, 1.82) is 0 Å². The van der Waals surface area contributed by atoms with Gasteiger partial charge in [0.15, 0.2) is 0 Å². The van der Waals surface area contributed by atoms with Gasteiger partial charge in [-0.05, 0) is 55.0 Å². The minimum absolute atomic E-state index is 0.235. The zero-order chi connectivity index (χ0) is 20.2. The molecule has 0 saturated carbocycles. The fourth-order valence-electron chi connectivity index (χ4n) is 3.29. The molecular weight excluding hydrogens is 368 g/mol. The van der Waals surface area contributed by atoms with Crippen LogP contribution in [-0.4, -0.2) is 29.8 Å². The Balaban J connectivity index is 1.41. The number of carbonyl (C=O) groups excluding carboxylic acids is 2. The van der Waals surface area contributed by atoms with Crippen LogP contribution in [0.25, 0.3) is 5.69 Å². The lowest BCUT2D eigenvalue weighted by molar-refractivity contribution is 0.181. The molecule has 2 heterocycles. The van der Waals surface area contributed by atoms with Crippen LogP contribution in [-0.2, 0) is 4.74 Å². The molecule has 148 valence electrons. The van der Waals surface area contributed by atoms with E-state index in [9.17, 15) is 9.59 Å². The van der Waals surface area contributed by atoms with Crippen LogP contribution in [0, 0.1) is 0 Å². The molecular formula is C22H22N4O3. The van der Waals surface area contributed by atoms with E-state index in [0.29, 0.717) is 18.8 Å². The molecule has 3 aromatic rings. The lowest BCUT2D eigenvalue weighted by atomic mass is 10.1. The Bertz CT molecular complexity index is 1020. The number of hydrogen-bond donors (Lipinski definition) is 2. The molecule has 2 N–H and O–H groups in total. The molecule has 1 atom stereocenters. The van der Waals surface area contributed by atoms with Crippen molar-refractivity contribution in [2.75, 3.05) is 23.4 Å². The van der Waals surface area contributed by atoms with E-state index in [1.807, 2.05) is 84.5 Å². The molecule has 29 heavy (non-hydrogen) atoms. The van der Waals surface area contributed by atoms with Gasteiger partial charge in [0.2, 0.25) is 0 Å². The van der Waals surface area contributed by atoms with Gasteiger partial charge in [-0.3, -0.25) is 4.90 Å². The normalized spacial score (nSPS) is 14.4. The predicted octanol–water partition coefficient (Wildman–Crippen LogP) is 4.32. The molecule has 0 spiro atoms. The summed E-state index contributed by atoms with van der Waals surface area (Å²) in [6, 6.07) is 18.5. The third-order valence-corrected chi connectivity index (χ3v) is 4.80. The second-order valence-corrected chi connectivity index (χ2v) is 6.82. The van der Waals surface area contributed by atoms with E-state index in [-0.39, 0.29) is 18.2 Å². The van der Waals surface area contributed by atoms with Gasteiger partial charge in [0, 0.05) is 29.5 Å². The Hall–Kier alpha value is -3.74. The van der Waals surface area contributed by atoms with Crippen LogP contribution >= 0.6 is 0 Å². The molecule has 1 aliphatic rings. The topological polar surface area (TPSA) is 75.6 Å². The van der Waals surface area contributed by atoms with Gasteiger partial charge in [-0.25, -0.2) is 9.59 Å². The molecule has 7 heteroatoms. The van der Waals surface area contributed by atoms with Crippen molar-refractivity contribution in [1.82, 2.24) is 9.88 Å². The highest BCUT2D eigenvalue weighted by atomic mass is 16.6.